The van der Waals surface area contributed by atoms with Crippen molar-refractivity contribution in [1.82, 2.24) is 4.98 Å². The predicted octanol–water partition coefficient (Wildman–Crippen LogP) is 3.52. The van der Waals surface area contributed by atoms with Crippen molar-refractivity contribution in [3.8, 4) is 11.5 Å². The fourth-order valence-corrected chi connectivity index (χ4v) is 1.94. The molecule has 0 N–H and O–H groups in total. The predicted molar refractivity (Wildman–Crippen MR) is 87.0 cm³/mol. The van der Waals surface area contributed by atoms with Crippen molar-refractivity contribution in [2.75, 3.05) is 0 Å². The minimum atomic E-state index is -0.593. The number of benzene rings is 2. The van der Waals surface area contributed by atoms with E-state index in [2.05, 4.69) is 4.98 Å². The van der Waals surface area contributed by atoms with Crippen LogP contribution in [0.25, 0.3) is 0 Å². The molecule has 0 saturated heterocycles. The summed E-state index contributed by atoms with van der Waals surface area (Å²) in [7, 11) is 0. The SMILES string of the molecule is O=C(Oc1ccccc1)c1ccc(C(=O)Oc2ccccc2)nc1. The summed E-state index contributed by atoms with van der Waals surface area (Å²) in [5, 5.41) is 0. The van der Waals surface area contributed by atoms with Crippen molar-refractivity contribution >= 4 is 11.9 Å². The van der Waals surface area contributed by atoms with Gasteiger partial charge in [0.15, 0.2) is 0 Å². The first-order valence-electron chi connectivity index (χ1n) is 7.23. The first-order chi connectivity index (χ1) is 11.7. The average Bonchev–Trinajstić information content (AvgIpc) is 2.63. The molecule has 118 valence electrons. The summed E-state index contributed by atoms with van der Waals surface area (Å²) in [5.41, 5.74) is 0.352. The lowest BCUT2D eigenvalue weighted by molar-refractivity contribution is 0.0715. The second-order valence-electron chi connectivity index (χ2n) is 4.84. The molecule has 3 rings (SSSR count). The highest BCUT2D eigenvalue weighted by molar-refractivity contribution is 5.93. The summed E-state index contributed by atoms with van der Waals surface area (Å²) < 4.78 is 10.4. The quantitative estimate of drug-likeness (QED) is 0.544. The van der Waals surface area contributed by atoms with Gasteiger partial charge in [0, 0.05) is 6.20 Å². The lowest BCUT2D eigenvalue weighted by Crippen LogP contribution is -2.13. The van der Waals surface area contributed by atoms with Gasteiger partial charge in [0.05, 0.1) is 5.56 Å². The van der Waals surface area contributed by atoms with Crippen LogP contribution < -0.4 is 9.47 Å². The number of hydrogen-bond acceptors (Lipinski definition) is 5. The zero-order chi connectivity index (χ0) is 16.8. The van der Waals surface area contributed by atoms with E-state index in [-0.39, 0.29) is 11.3 Å². The van der Waals surface area contributed by atoms with Gasteiger partial charge >= 0.3 is 11.9 Å². The molecule has 2 aromatic carbocycles. The van der Waals surface area contributed by atoms with Crippen LogP contribution in [0.5, 0.6) is 11.5 Å². The Labute approximate surface area is 138 Å². The number of rotatable bonds is 4. The number of carbonyl (C=O) groups excluding carboxylic acids is 2. The monoisotopic (exact) mass is 319 g/mol. The molecule has 0 unspecified atom stereocenters. The van der Waals surface area contributed by atoms with Crippen LogP contribution in [0.4, 0.5) is 0 Å². The van der Waals surface area contributed by atoms with E-state index in [1.54, 1.807) is 48.5 Å². The highest BCUT2D eigenvalue weighted by atomic mass is 16.5. The Morgan fingerprint density at radius 1 is 0.667 bits per heavy atom. The second kappa shape index (κ2) is 7.19. The minimum absolute atomic E-state index is 0.107. The van der Waals surface area contributed by atoms with Gasteiger partial charge in [-0.2, -0.15) is 0 Å². The minimum Gasteiger partial charge on any atom is -0.423 e. The Morgan fingerprint density at radius 3 is 1.71 bits per heavy atom. The summed E-state index contributed by atoms with van der Waals surface area (Å²) in [5.74, 6) is -0.271. The number of hydrogen-bond donors (Lipinski definition) is 0. The topological polar surface area (TPSA) is 65.5 Å². The van der Waals surface area contributed by atoms with Crippen LogP contribution in [-0.4, -0.2) is 16.9 Å². The van der Waals surface area contributed by atoms with Gasteiger partial charge in [-0.1, -0.05) is 36.4 Å². The van der Waals surface area contributed by atoms with Crippen LogP contribution in [0.1, 0.15) is 20.8 Å². The molecular weight excluding hydrogens is 306 g/mol. The number of para-hydroxylation sites is 2. The lowest BCUT2D eigenvalue weighted by atomic mass is 10.2. The Balaban J connectivity index is 1.66. The molecule has 0 aliphatic carbocycles. The van der Waals surface area contributed by atoms with Gasteiger partial charge < -0.3 is 9.47 Å². The van der Waals surface area contributed by atoms with E-state index in [1.807, 2.05) is 12.1 Å². The van der Waals surface area contributed by atoms with E-state index >= 15 is 0 Å². The number of aromatic nitrogens is 1. The van der Waals surface area contributed by atoms with E-state index in [1.165, 1.54) is 18.3 Å². The van der Waals surface area contributed by atoms with Gasteiger partial charge in [-0.25, -0.2) is 14.6 Å². The van der Waals surface area contributed by atoms with Crippen LogP contribution in [0, 0.1) is 0 Å². The van der Waals surface area contributed by atoms with Crippen LogP contribution >= 0.6 is 0 Å². The number of carbonyl (C=O) groups is 2. The molecule has 0 saturated carbocycles. The Bertz CT molecular complexity index is 758. The summed E-state index contributed by atoms with van der Waals surface area (Å²) in [4.78, 5) is 28.0. The fraction of sp³-hybridized carbons (Fsp3) is 0. The Hall–Kier alpha value is -3.47. The lowest BCUT2D eigenvalue weighted by Gasteiger charge is -2.05. The van der Waals surface area contributed by atoms with E-state index in [9.17, 15) is 9.59 Å². The summed E-state index contributed by atoms with van der Waals surface area (Å²) in [6.07, 6.45) is 1.28. The molecule has 5 nitrogen and oxygen atoms in total. The van der Waals surface area contributed by atoms with Gasteiger partial charge in [-0.15, -0.1) is 0 Å². The van der Waals surface area contributed by atoms with Gasteiger partial charge in [-0.05, 0) is 36.4 Å². The maximum atomic E-state index is 12.0. The first kappa shape index (κ1) is 15.4. The molecular formula is C19H13NO4. The van der Waals surface area contributed by atoms with Crippen LogP contribution in [0.15, 0.2) is 79.0 Å². The molecule has 24 heavy (non-hydrogen) atoms. The number of ether oxygens (including phenoxy) is 2. The molecule has 0 atom stereocenters. The normalized spacial score (nSPS) is 10.0. The van der Waals surface area contributed by atoms with Crippen molar-refractivity contribution in [3.63, 3.8) is 0 Å². The highest BCUT2D eigenvalue weighted by Crippen LogP contribution is 2.13. The van der Waals surface area contributed by atoms with E-state index < -0.39 is 11.9 Å². The summed E-state index contributed by atoms with van der Waals surface area (Å²) in [6, 6.07) is 20.3. The van der Waals surface area contributed by atoms with Crippen molar-refractivity contribution in [1.29, 1.82) is 0 Å². The fourth-order valence-electron chi connectivity index (χ4n) is 1.94. The molecule has 1 heterocycles. The van der Waals surface area contributed by atoms with Gasteiger partial charge in [-0.3, -0.25) is 0 Å². The number of pyridine rings is 1. The number of esters is 2. The maximum absolute atomic E-state index is 12.0. The molecule has 0 radical (unpaired) electrons. The van der Waals surface area contributed by atoms with Crippen LogP contribution in [0.2, 0.25) is 0 Å². The maximum Gasteiger partial charge on any atom is 0.362 e. The van der Waals surface area contributed by atoms with Crippen molar-refractivity contribution in [2.24, 2.45) is 0 Å². The van der Waals surface area contributed by atoms with Gasteiger partial charge in [0.25, 0.3) is 0 Å². The smallest absolute Gasteiger partial charge is 0.362 e. The standard InChI is InChI=1S/C19H13NO4/c21-18(23-15-7-3-1-4-8-15)14-11-12-17(20-13-14)19(22)24-16-9-5-2-6-10-16/h1-13H. The first-order valence-corrected chi connectivity index (χ1v) is 7.23. The Kier molecular flexibility index (Phi) is 4.62. The van der Waals surface area contributed by atoms with Crippen LogP contribution in [-0.2, 0) is 0 Å². The average molecular weight is 319 g/mol. The molecule has 0 spiro atoms. The Morgan fingerprint density at radius 2 is 1.21 bits per heavy atom. The molecule has 5 heteroatoms. The molecule has 0 amide bonds. The molecule has 0 bridgehead atoms. The molecule has 1 aromatic heterocycles. The third-order valence-electron chi connectivity index (χ3n) is 3.12. The van der Waals surface area contributed by atoms with Gasteiger partial charge in [0.2, 0.25) is 0 Å². The van der Waals surface area contributed by atoms with Crippen molar-refractivity contribution < 1.29 is 19.1 Å². The molecule has 0 aliphatic rings. The van der Waals surface area contributed by atoms with E-state index in [0.29, 0.717) is 11.5 Å². The van der Waals surface area contributed by atoms with Crippen molar-refractivity contribution in [3.05, 3.63) is 90.3 Å². The van der Waals surface area contributed by atoms with Crippen molar-refractivity contribution in [2.45, 2.75) is 0 Å². The van der Waals surface area contributed by atoms with Crippen LogP contribution in [0.3, 0.4) is 0 Å². The zero-order valence-corrected chi connectivity index (χ0v) is 12.6. The third kappa shape index (κ3) is 3.84. The number of nitrogens with zero attached hydrogens (tertiary/aromatic N) is 1. The largest absolute Gasteiger partial charge is 0.423 e. The third-order valence-corrected chi connectivity index (χ3v) is 3.12. The highest BCUT2D eigenvalue weighted by Gasteiger charge is 2.13. The molecule has 3 aromatic rings. The van der Waals surface area contributed by atoms with E-state index in [0.717, 1.165) is 0 Å². The molecule has 0 aliphatic heterocycles. The zero-order valence-electron chi connectivity index (χ0n) is 12.6. The van der Waals surface area contributed by atoms with E-state index in [4.69, 9.17) is 9.47 Å². The van der Waals surface area contributed by atoms with Gasteiger partial charge in [0.1, 0.15) is 17.2 Å². The molecule has 0 fully saturated rings. The summed E-state index contributed by atoms with van der Waals surface area (Å²) in [6.45, 7) is 0. The summed E-state index contributed by atoms with van der Waals surface area (Å²) >= 11 is 0. The second-order valence-corrected chi connectivity index (χ2v) is 4.84.